The highest BCUT2D eigenvalue weighted by Crippen LogP contribution is 2.54. The van der Waals surface area contributed by atoms with Crippen LogP contribution in [-0.2, 0) is 0 Å². The fourth-order valence-electron chi connectivity index (χ4n) is 2.84. The molecule has 1 N–H and O–H groups in total. The summed E-state index contributed by atoms with van der Waals surface area (Å²) in [5.74, 6) is 0.380. The van der Waals surface area contributed by atoms with E-state index in [1.54, 1.807) is 0 Å². The molecule has 0 radical (unpaired) electrons. The molecule has 0 aromatic rings. The van der Waals surface area contributed by atoms with Gasteiger partial charge in [0.1, 0.15) is 5.76 Å². The molecule has 0 unspecified atom stereocenters. The summed E-state index contributed by atoms with van der Waals surface area (Å²) in [7, 11) is 0. The Morgan fingerprint density at radius 3 is 2.31 bits per heavy atom. The van der Waals surface area contributed by atoms with E-state index in [0.29, 0.717) is 10.6 Å². The Labute approximate surface area is 103 Å². The van der Waals surface area contributed by atoms with Gasteiger partial charge >= 0.3 is 0 Å². The lowest BCUT2D eigenvalue weighted by Crippen LogP contribution is -2.35. The highest BCUT2D eigenvalue weighted by Gasteiger charge is 2.43. The van der Waals surface area contributed by atoms with Crippen LogP contribution >= 0.6 is 12.2 Å². The first-order chi connectivity index (χ1) is 7.26. The molecule has 1 saturated carbocycles. The summed E-state index contributed by atoms with van der Waals surface area (Å²) < 4.78 is 0. The quantitative estimate of drug-likeness (QED) is 0.631. The Hall–Kier alpha value is -0.630. The summed E-state index contributed by atoms with van der Waals surface area (Å²) in [6, 6.07) is 0. The standard InChI is InChI=1S/C14H20OS/c1-13(2)7-8-14(3,4)11-9(13)5-6-10(16)12(11)15/h5,15H,6-8H2,1-4H3. The molecule has 0 saturated heterocycles. The SMILES string of the molecule is CC1(C)CCC(C)(C)C2=C(O)C(=S)CC=C21. The zero-order valence-electron chi connectivity index (χ0n) is 10.6. The third kappa shape index (κ3) is 1.64. The number of hydrogen-bond donors (Lipinski definition) is 1. The predicted molar refractivity (Wildman–Crippen MR) is 71.7 cm³/mol. The van der Waals surface area contributed by atoms with Gasteiger partial charge in [-0.05, 0) is 29.2 Å². The van der Waals surface area contributed by atoms with Crippen LogP contribution in [0.4, 0.5) is 0 Å². The number of rotatable bonds is 0. The van der Waals surface area contributed by atoms with Crippen molar-refractivity contribution in [3.05, 3.63) is 23.0 Å². The van der Waals surface area contributed by atoms with Crippen LogP contribution in [0.15, 0.2) is 23.0 Å². The number of aliphatic hydroxyl groups excluding tert-OH is 1. The monoisotopic (exact) mass is 236 g/mol. The van der Waals surface area contributed by atoms with Crippen LogP contribution in [-0.4, -0.2) is 9.97 Å². The molecule has 1 nitrogen and oxygen atoms in total. The summed E-state index contributed by atoms with van der Waals surface area (Å²) in [4.78, 5) is 0.699. The van der Waals surface area contributed by atoms with Crippen LogP contribution in [0.3, 0.4) is 0 Å². The van der Waals surface area contributed by atoms with Crippen LogP contribution in [0.5, 0.6) is 0 Å². The van der Waals surface area contributed by atoms with Gasteiger partial charge in [-0.1, -0.05) is 46.0 Å². The van der Waals surface area contributed by atoms with Gasteiger partial charge in [-0.15, -0.1) is 0 Å². The summed E-state index contributed by atoms with van der Waals surface area (Å²) in [6.07, 6.45) is 5.23. The van der Waals surface area contributed by atoms with E-state index in [-0.39, 0.29) is 10.8 Å². The maximum Gasteiger partial charge on any atom is 0.133 e. The molecule has 0 heterocycles. The first kappa shape index (κ1) is 11.8. The van der Waals surface area contributed by atoms with E-state index in [1.807, 2.05) is 0 Å². The van der Waals surface area contributed by atoms with Crippen LogP contribution < -0.4 is 0 Å². The van der Waals surface area contributed by atoms with Crippen molar-refractivity contribution in [3.63, 3.8) is 0 Å². The first-order valence-electron chi connectivity index (χ1n) is 5.94. The number of thiocarbonyl (C=S) groups is 1. The van der Waals surface area contributed by atoms with E-state index < -0.39 is 0 Å². The largest absolute Gasteiger partial charge is 0.506 e. The van der Waals surface area contributed by atoms with Gasteiger partial charge in [-0.2, -0.15) is 0 Å². The lowest BCUT2D eigenvalue weighted by molar-refractivity contribution is 0.246. The average Bonchev–Trinajstić information content (AvgIpc) is 2.17. The van der Waals surface area contributed by atoms with Gasteiger partial charge in [0, 0.05) is 12.0 Å². The second kappa shape index (κ2) is 3.43. The fraction of sp³-hybridized carbons (Fsp3) is 0.643. The molecular weight excluding hydrogens is 216 g/mol. The molecule has 0 spiro atoms. The van der Waals surface area contributed by atoms with Crippen LogP contribution in [0, 0.1) is 10.8 Å². The van der Waals surface area contributed by atoms with E-state index in [1.165, 1.54) is 12.0 Å². The molecule has 16 heavy (non-hydrogen) atoms. The Kier molecular flexibility index (Phi) is 2.54. The molecule has 2 heteroatoms. The summed E-state index contributed by atoms with van der Waals surface area (Å²) in [5.41, 5.74) is 2.64. The number of aliphatic hydroxyl groups is 1. The molecule has 0 bridgehead atoms. The minimum absolute atomic E-state index is 0.0515. The molecule has 0 aromatic heterocycles. The number of allylic oxidation sites excluding steroid dienone is 4. The van der Waals surface area contributed by atoms with E-state index in [4.69, 9.17) is 12.2 Å². The second-order valence-electron chi connectivity index (χ2n) is 6.24. The van der Waals surface area contributed by atoms with Crippen molar-refractivity contribution in [2.45, 2.75) is 47.0 Å². The van der Waals surface area contributed by atoms with E-state index in [0.717, 1.165) is 18.4 Å². The lowest BCUT2D eigenvalue weighted by Gasteiger charge is -2.45. The fourth-order valence-corrected chi connectivity index (χ4v) is 3.03. The molecule has 2 aliphatic rings. The summed E-state index contributed by atoms with van der Waals surface area (Å²) in [5, 5.41) is 10.2. The normalized spacial score (nSPS) is 27.5. The van der Waals surface area contributed by atoms with Crippen molar-refractivity contribution in [2.24, 2.45) is 10.8 Å². The molecule has 88 valence electrons. The van der Waals surface area contributed by atoms with Gasteiger partial charge in [0.2, 0.25) is 0 Å². The molecule has 1 fully saturated rings. The highest BCUT2D eigenvalue weighted by atomic mass is 32.1. The van der Waals surface area contributed by atoms with Crippen molar-refractivity contribution >= 4 is 17.1 Å². The van der Waals surface area contributed by atoms with Crippen LogP contribution in [0.1, 0.15) is 47.0 Å². The molecule has 2 aliphatic carbocycles. The zero-order valence-corrected chi connectivity index (χ0v) is 11.4. The summed E-state index contributed by atoms with van der Waals surface area (Å²) in [6.45, 7) is 8.93. The Bertz CT molecular complexity index is 410. The third-order valence-corrected chi connectivity index (χ3v) is 4.40. The molecule has 0 amide bonds. The average molecular weight is 236 g/mol. The van der Waals surface area contributed by atoms with E-state index in [2.05, 4.69) is 33.8 Å². The minimum atomic E-state index is 0.0515. The number of hydrogen-bond acceptors (Lipinski definition) is 2. The summed E-state index contributed by atoms with van der Waals surface area (Å²) >= 11 is 5.22. The lowest BCUT2D eigenvalue weighted by atomic mass is 9.59. The van der Waals surface area contributed by atoms with Crippen LogP contribution in [0.25, 0.3) is 0 Å². The first-order valence-corrected chi connectivity index (χ1v) is 6.34. The zero-order chi connectivity index (χ0) is 12.1. The van der Waals surface area contributed by atoms with Crippen molar-refractivity contribution in [1.82, 2.24) is 0 Å². The van der Waals surface area contributed by atoms with Crippen molar-refractivity contribution in [2.75, 3.05) is 0 Å². The number of fused-ring (bicyclic) bond motifs is 1. The molecule has 0 aliphatic heterocycles. The maximum absolute atomic E-state index is 10.2. The predicted octanol–water partition coefficient (Wildman–Crippen LogP) is 4.34. The Morgan fingerprint density at radius 2 is 1.69 bits per heavy atom. The van der Waals surface area contributed by atoms with E-state index in [9.17, 15) is 5.11 Å². The molecule has 2 rings (SSSR count). The smallest absolute Gasteiger partial charge is 0.133 e. The van der Waals surface area contributed by atoms with Crippen molar-refractivity contribution < 1.29 is 5.11 Å². The van der Waals surface area contributed by atoms with Gasteiger partial charge in [-0.3, -0.25) is 0 Å². The topological polar surface area (TPSA) is 20.2 Å². The van der Waals surface area contributed by atoms with Gasteiger partial charge in [0.05, 0.1) is 4.86 Å². The van der Waals surface area contributed by atoms with Gasteiger partial charge in [0.15, 0.2) is 0 Å². The minimum Gasteiger partial charge on any atom is -0.506 e. The van der Waals surface area contributed by atoms with Gasteiger partial charge in [0.25, 0.3) is 0 Å². The van der Waals surface area contributed by atoms with Gasteiger partial charge < -0.3 is 5.11 Å². The third-order valence-electron chi connectivity index (χ3n) is 4.04. The highest BCUT2D eigenvalue weighted by molar-refractivity contribution is 7.80. The van der Waals surface area contributed by atoms with Crippen molar-refractivity contribution in [1.29, 1.82) is 0 Å². The molecular formula is C14H20OS. The Balaban J connectivity index is 2.60. The van der Waals surface area contributed by atoms with Crippen molar-refractivity contribution in [3.8, 4) is 0 Å². The maximum atomic E-state index is 10.2. The van der Waals surface area contributed by atoms with Crippen LogP contribution in [0.2, 0.25) is 0 Å². The van der Waals surface area contributed by atoms with E-state index >= 15 is 0 Å². The van der Waals surface area contributed by atoms with Gasteiger partial charge in [-0.25, -0.2) is 0 Å². The molecule has 0 aromatic carbocycles. The second-order valence-corrected chi connectivity index (χ2v) is 6.73. The molecule has 0 atom stereocenters. The Morgan fingerprint density at radius 1 is 1.12 bits per heavy atom.